The van der Waals surface area contributed by atoms with E-state index in [0.717, 1.165) is 18.7 Å². The first kappa shape index (κ1) is 11.5. The van der Waals surface area contributed by atoms with Gasteiger partial charge in [-0.3, -0.25) is 0 Å². The molecule has 16 heavy (non-hydrogen) atoms. The van der Waals surface area contributed by atoms with Crippen LogP contribution in [-0.4, -0.2) is 13.7 Å². The third kappa shape index (κ3) is 2.07. The van der Waals surface area contributed by atoms with Gasteiger partial charge in [0.15, 0.2) is 0 Å². The highest BCUT2D eigenvalue weighted by molar-refractivity contribution is 5.40. The van der Waals surface area contributed by atoms with Gasteiger partial charge in [0.1, 0.15) is 5.75 Å². The molecule has 0 radical (unpaired) electrons. The van der Waals surface area contributed by atoms with Crippen molar-refractivity contribution in [1.29, 1.82) is 0 Å². The Morgan fingerprint density at radius 3 is 2.81 bits per heavy atom. The van der Waals surface area contributed by atoms with Gasteiger partial charge in [-0.25, -0.2) is 0 Å². The molecule has 88 valence electrons. The van der Waals surface area contributed by atoms with Crippen LogP contribution in [0.4, 0.5) is 0 Å². The SMILES string of the molecule is COc1ccc2c(c1)C(CN)CC(C)(C)C2. The van der Waals surface area contributed by atoms with Crippen molar-refractivity contribution in [3.05, 3.63) is 29.3 Å². The smallest absolute Gasteiger partial charge is 0.119 e. The monoisotopic (exact) mass is 219 g/mol. The zero-order valence-electron chi connectivity index (χ0n) is 10.4. The van der Waals surface area contributed by atoms with E-state index in [0.29, 0.717) is 11.3 Å². The molecule has 1 unspecified atom stereocenters. The molecule has 2 heteroatoms. The molecule has 0 amide bonds. The Hall–Kier alpha value is -1.02. The highest BCUT2D eigenvalue weighted by Crippen LogP contribution is 2.42. The van der Waals surface area contributed by atoms with Crippen LogP contribution in [0.2, 0.25) is 0 Å². The molecule has 2 nitrogen and oxygen atoms in total. The second-order valence-corrected chi connectivity index (χ2v) is 5.54. The minimum atomic E-state index is 0.367. The average molecular weight is 219 g/mol. The highest BCUT2D eigenvalue weighted by atomic mass is 16.5. The van der Waals surface area contributed by atoms with Crippen LogP contribution in [0.1, 0.15) is 37.3 Å². The van der Waals surface area contributed by atoms with E-state index in [1.807, 2.05) is 6.07 Å². The summed E-state index contributed by atoms with van der Waals surface area (Å²) in [6.45, 7) is 5.37. The first-order valence-electron chi connectivity index (χ1n) is 5.92. The Morgan fingerprint density at radius 2 is 2.19 bits per heavy atom. The van der Waals surface area contributed by atoms with Crippen molar-refractivity contribution < 1.29 is 4.74 Å². The van der Waals surface area contributed by atoms with Crippen LogP contribution in [0.3, 0.4) is 0 Å². The van der Waals surface area contributed by atoms with E-state index < -0.39 is 0 Å². The van der Waals surface area contributed by atoms with Gasteiger partial charge in [-0.1, -0.05) is 19.9 Å². The fourth-order valence-corrected chi connectivity index (χ4v) is 2.82. The van der Waals surface area contributed by atoms with E-state index >= 15 is 0 Å². The number of nitrogens with two attached hydrogens (primary N) is 1. The number of fused-ring (bicyclic) bond motifs is 1. The Labute approximate surface area is 97.8 Å². The predicted octanol–water partition coefficient (Wildman–Crippen LogP) is 2.71. The predicted molar refractivity (Wildman–Crippen MR) is 66.9 cm³/mol. The van der Waals surface area contributed by atoms with Crippen LogP contribution in [0.5, 0.6) is 5.75 Å². The summed E-state index contributed by atoms with van der Waals surface area (Å²) in [5.41, 5.74) is 9.08. The Bertz CT molecular complexity index is 384. The van der Waals surface area contributed by atoms with Gasteiger partial charge in [0.05, 0.1) is 7.11 Å². The summed E-state index contributed by atoms with van der Waals surface area (Å²) in [7, 11) is 1.71. The lowest BCUT2D eigenvalue weighted by atomic mass is 9.69. The third-order valence-electron chi connectivity index (χ3n) is 3.55. The van der Waals surface area contributed by atoms with Crippen molar-refractivity contribution in [1.82, 2.24) is 0 Å². The second-order valence-electron chi connectivity index (χ2n) is 5.54. The standard InChI is InChI=1S/C14H21NO/c1-14(2)7-10-4-5-12(16-3)6-13(10)11(8-14)9-15/h4-6,11H,7-9,15H2,1-3H3. The summed E-state index contributed by atoms with van der Waals surface area (Å²) in [5.74, 6) is 1.42. The van der Waals surface area contributed by atoms with E-state index in [2.05, 4.69) is 26.0 Å². The van der Waals surface area contributed by atoms with Gasteiger partial charge in [0, 0.05) is 0 Å². The van der Waals surface area contributed by atoms with Gasteiger partial charge in [-0.2, -0.15) is 0 Å². The fraction of sp³-hybridized carbons (Fsp3) is 0.571. The third-order valence-corrected chi connectivity index (χ3v) is 3.55. The van der Waals surface area contributed by atoms with Crippen molar-refractivity contribution in [2.75, 3.05) is 13.7 Å². The molecular formula is C14H21NO. The molecule has 0 aliphatic heterocycles. The molecule has 0 bridgehead atoms. The molecule has 0 heterocycles. The summed E-state index contributed by atoms with van der Waals surface area (Å²) in [6.07, 6.45) is 2.31. The maximum absolute atomic E-state index is 5.89. The molecule has 1 aliphatic carbocycles. The van der Waals surface area contributed by atoms with E-state index in [1.54, 1.807) is 7.11 Å². The minimum Gasteiger partial charge on any atom is -0.497 e. The molecule has 0 fully saturated rings. The topological polar surface area (TPSA) is 35.2 Å². The van der Waals surface area contributed by atoms with Crippen LogP contribution in [0.15, 0.2) is 18.2 Å². The lowest BCUT2D eigenvalue weighted by Gasteiger charge is -2.36. The quantitative estimate of drug-likeness (QED) is 0.830. The number of ether oxygens (including phenoxy) is 1. The summed E-state index contributed by atoms with van der Waals surface area (Å²) < 4.78 is 5.28. The van der Waals surface area contributed by atoms with Crippen molar-refractivity contribution in [3.8, 4) is 5.75 Å². The lowest BCUT2D eigenvalue weighted by Crippen LogP contribution is -2.29. The fourth-order valence-electron chi connectivity index (χ4n) is 2.82. The molecule has 1 aromatic carbocycles. The molecule has 2 rings (SSSR count). The maximum atomic E-state index is 5.89. The largest absolute Gasteiger partial charge is 0.497 e. The van der Waals surface area contributed by atoms with E-state index in [4.69, 9.17) is 10.5 Å². The number of methoxy groups -OCH3 is 1. The zero-order valence-corrected chi connectivity index (χ0v) is 10.4. The van der Waals surface area contributed by atoms with Gasteiger partial charge in [0.2, 0.25) is 0 Å². The Morgan fingerprint density at radius 1 is 1.44 bits per heavy atom. The lowest BCUT2D eigenvalue weighted by molar-refractivity contribution is 0.282. The van der Waals surface area contributed by atoms with E-state index in [-0.39, 0.29) is 0 Å². The van der Waals surface area contributed by atoms with E-state index in [1.165, 1.54) is 17.5 Å². The molecule has 1 aromatic rings. The summed E-state index contributed by atoms with van der Waals surface area (Å²) in [4.78, 5) is 0. The van der Waals surface area contributed by atoms with Crippen molar-refractivity contribution in [2.45, 2.75) is 32.6 Å². The molecule has 0 saturated carbocycles. The first-order chi connectivity index (χ1) is 7.55. The highest BCUT2D eigenvalue weighted by Gasteiger charge is 2.31. The Balaban J connectivity index is 2.42. The summed E-state index contributed by atoms with van der Waals surface area (Å²) in [6, 6.07) is 6.40. The van der Waals surface area contributed by atoms with Crippen LogP contribution < -0.4 is 10.5 Å². The number of hydrogen-bond donors (Lipinski definition) is 1. The molecule has 2 N–H and O–H groups in total. The molecule has 0 saturated heterocycles. The first-order valence-corrected chi connectivity index (χ1v) is 5.92. The van der Waals surface area contributed by atoms with Crippen molar-refractivity contribution in [3.63, 3.8) is 0 Å². The number of benzene rings is 1. The molecule has 0 spiro atoms. The normalized spacial score (nSPS) is 22.6. The molecule has 0 aromatic heterocycles. The van der Waals surface area contributed by atoms with Crippen molar-refractivity contribution in [2.24, 2.45) is 11.1 Å². The van der Waals surface area contributed by atoms with Crippen LogP contribution in [-0.2, 0) is 6.42 Å². The molecule has 1 atom stereocenters. The number of hydrogen-bond acceptors (Lipinski definition) is 2. The zero-order chi connectivity index (χ0) is 11.8. The van der Waals surface area contributed by atoms with Gasteiger partial charge in [-0.15, -0.1) is 0 Å². The minimum absolute atomic E-state index is 0.367. The van der Waals surface area contributed by atoms with Gasteiger partial charge >= 0.3 is 0 Å². The molecular weight excluding hydrogens is 198 g/mol. The van der Waals surface area contributed by atoms with Crippen molar-refractivity contribution >= 4 is 0 Å². The van der Waals surface area contributed by atoms with Gasteiger partial charge in [-0.05, 0) is 54.0 Å². The van der Waals surface area contributed by atoms with Crippen LogP contribution in [0.25, 0.3) is 0 Å². The summed E-state index contributed by atoms with van der Waals surface area (Å²) in [5, 5.41) is 0. The van der Waals surface area contributed by atoms with Gasteiger partial charge in [0.25, 0.3) is 0 Å². The average Bonchev–Trinajstić information content (AvgIpc) is 2.26. The van der Waals surface area contributed by atoms with E-state index in [9.17, 15) is 0 Å². The van der Waals surface area contributed by atoms with Crippen LogP contribution >= 0.6 is 0 Å². The number of rotatable bonds is 2. The molecule has 1 aliphatic rings. The van der Waals surface area contributed by atoms with Crippen LogP contribution in [0, 0.1) is 5.41 Å². The summed E-state index contributed by atoms with van der Waals surface area (Å²) >= 11 is 0. The second kappa shape index (κ2) is 4.10. The maximum Gasteiger partial charge on any atom is 0.119 e. The Kier molecular flexibility index (Phi) is 2.94. The van der Waals surface area contributed by atoms with Gasteiger partial charge < -0.3 is 10.5 Å².